The van der Waals surface area contributed by atoms with Crippen LogP contribution in [0.25, 0.3) is 0 Å². The van der Waals surface area contributed by atoms with E-state index in [0.717, 1.165) is 18.7 Å². The maximum absolute atomic E-state index is 5.64. The van der Waals surface area contributed by atoms with Gasteiger partial charge in [0, 0.05) is 0 Å². The van der Waals surface area contributed by atoms with Crippen molar-refractivity contribution in [2.75, 3.05) is 5.73 Å². The number of anilines is 1. The normalized spacial score (nSPS) is 17.4. The van der Waals surface area contributed by atoms with E-state index in [1.165, 1.54) is 12.0 Å². The predicted octanol–water partition coefficient (Wildman–Crippen LogP) is 2.53. The van der Waals surface area contributed by atoms with E-state index in [1.54, 1.807) is 12.4 Å². The van der Waals surface area contributed by atoms with Crippen molar-refractivity contribution >= 4 is 5.69 Å². The molecular formula is C14H15N3. The molecule has 3 nitrogen and oxygen atoms in total. The monoisotopic (exact) mass is 225 g/mol. The molecule has 0 saturated heterocycles. The first-order valence-corrected chi connectivity index (χ1v) is 5.95. The second-order valence-corrected chi connectivity index (χ2v) is 4.64. The third-order valence-corrected chi connectivity index (χ3v) is 3.63. The van der Waals surface area contributed by atoms with Crippen molar-refractivity contribution < 1.29 is 0 Å². The van der Waals surface area contributed by atoms with Crippen molar-refractivity contribution in [3.8, 4) is 0 Å². The average Bonchev–Trinajstić information content (AvgIpc) is 2.32. The van der Waals surface area contributed by atoms with Crippen molar-refractivity contribution in [3.05, 3.63) is 54.1 Å². The highest BCUT2D eigenvalue weighted by atomic mass is 14.9. The molecule has 3 rings (SSSR count). The number of nitrogens with two attached hydrogens (primary N) is 1. The highest BCUT2D eigenvalue weighted by Crippen LogP contribution is 2.47. The number of benzene rings is 1. The first-order chi connectivity index (χ1) is 8.31. The summed E-state index contributed by atoms with van der Waals surface area (Å²) in [6.07, 6.45) is 6.89. The zero-order chi connectivity index (χ0) is 11.7. The van der Waals surface area contributed by atoms with Crippen LogP contribution in [0, 0.1) is 0 Å². The van der Waals surface area contributed by atoms with Gasteiger partial charge in [0.2, 0.25) is 0 Å². The van der Waals surface area contributed by atoms with Crippen LogP contribution in [0.15, 0.2) is 42.7 Å². The lowest BCUT2D eigenvalue weighted by Gasteiger charge is -2.40. The molecule has 0 spiro atoms. The summed E-state index contributed by atoms with van der Waals surface area (Å²) in [6, 6.07) is 10.5. The fourth-order valence-corrected chi connectivity index (χ4v) is 2.51. The molecule has 86 valence electrons. The number of nitrogen functional groups attached to an aromatic ring is 1. The Morgan fingerprint density at radius 1 is 1.00 bits per heavy atom. The van der Waals surface area contributed by atoms with Crippen LogP contribution in [0.2, 0.25) is 0 Å². The van der Waals surface area contributed by atoms with Gasteiger partial charge in [-0.05, 0) is 18.4 Å². The van der Waals surface area contributed by atoms with Crippen LogP contribution in [0.5, 0.6) is 0 Å². The van der Waals surface area contributed by atoms with E-state index >= 15 is 0 Å². The first-order valence-electron chi connectivity index (χ1n) is 5.95. The first kappa shape index (κ1) is 10.3. The molecule has 2 aromatic rings. The van der Waals surface area contributed by atoms with Crippen molar-refractivity contribution in [2.45, 2.75) is 24.7 Å². The lowest BCUT2D eigenvalue weighted by Crippen LogP contribution is -2.37. The maximum Gasteiger partial charge on any atom is 0.138 e. The summed E-state index contributed by atoms with van der Waals surface area (Å²) in [4.78, 5) is 8.83. The molecular weight excluding hydrogens is 210 g/mol. The number of hydrogen-bond donors (Lipinski definition) is 1. The summed E-state index contributed by atoms with van der Waals surface area (Å²) in [5, 5.41) is 0. The van der Waals surface area contributed by atoms with Gasteiger partial charge >= 0.3 is 0 Å². The Labute approximate surface area is 101 Å². The second-order valence-electron chi connectivity index (χ2n) is 4.64. The van der Waals surface area contributed by atoms with Gasteiger partial charge in [-0.3, -0.25) is 0 Å². The summed E-state index contributed by atoms with van der Waals surface area (Å²) in [6.45, 7) is 0. The third kappa shape index (κ3) is 1.58. The van der Waals surface area contributed by atoms with Crippen LogP contribution in [0.1, 0.15) is 30.7 Å². The van der Waals surface area contributed by atoms with E-state index in [0.29, 0.717) is 5.69 Å². The molecule has 17 heavy (non-hydrogen) atoms. The molecule has 1 aromatic carbocycles. The fourth-order valence-electron chi connectivity index (χ4n) is 2.51. The molecule has 1 aromatic heterocycles. The van der Waals surface area contributed by atoms with E-state index in [-0.39, 0.29) is 5.41 Å². The van der Waals surface area contributed by atoms with E-state index < -0.39 is 0 Å². The van der Waals surface area contributed by atoms with Gasteiger partial charge in [-0.25, -0.2) is 9.97 Å². The molecule has 0 atom stereocenters. The summed E-state index contributed by atoms with van der Waals surface area (Å²) in [7, 11) is 0. The standard InChI is InChI=1S/C14H15N3/c15-12-9-16-13(17-10-12)14(7-4-8-14)11-5-2-1-3-6-11/h1-3,5-6,9-10H,4,7-8,15H2. The minimum Gasteiger partial charge on any atom is -0.396 e. The fraction of sp³-hybridized carbons (Fsp3) is 0.286. The Hall–Kier alpha value is -1.90. The van der Waals surface area contributed by atoms with E-state index in [4.69, 9.17) is 5.73 Å². The average molecular weight is 225 g/mol. The number of nitrogens with zero attached hydrogens (tertiary/aromatic N) is 2. The minimum absolute atomic E-state index is 0.0228. The SMILES string of the molecule is Nc1cnc(C2(c3ccccc3)CCC2)nc1. The molecule has 1 fully saturated rings. The van der Waals surface area contributed by atoms with E-state index in [1.807, 2.05) is 6.07 Å². The zero-order valence-corrected chi connectivity index (χ0v) is 9.63. The molecule has 1 saturated carbocycles. The van der Waals surface area contributed by atoms with Crippen molar-refractivity contribution in [1.29, 1.82) is 0 Å². The number of hydrogen-bond acceptors (Lipinski definition) is 3. The number of aromatic nitrogens is 2. The van der Waals surface area contributed by atoms with Crippen LogP contribution >= 0.6 is 0 Å². The molecule has 1 heterocycles. The largest absolute Gasteiger partial charge is 0.396 e. The Balaban J connectivity index is 2.06. The molecule has 0 amide bonds. The van der Waals surface area contributed by atoms with Gasteiger partial charge in [0.1, 0.15) is 5.82 Å². The molecule has 3 heteroatoms. The maximum atomic E-state index is 5.64. The van der Waals surface area contributed by atoms with Crippen LogP contribution in [0.4, 0.5) is 5.69 Å². The van der Waals surface area contributed by atoms with E-state index in [2.05, 4.69) is 34.2 Å². The Kier molecular flexibility index (Phi) is 2.32. The zero-order valence-electron chi connectivity index (χ0n) is 9.63. The highest BCUT2D eigenvalue weighted by molar-refractivity contribution is 5.38. The Bertz CT molecular complexity index is 501. The van der Waals surface area contributed by atoms with Crippen molar-refractivity contribution in [3.63, 3.8) is 0 Å². The van der Waals surface area contributed by atoms with Crippen LogP contribution in [-0.2, 0) is 5.41 Å². The number of rotatable bonds is 2. The lowest BCUT2D eigenvalue weighted by atomic mass is 9.64. The van der Waals surface area contributed by atoms with Crippen molar-refractivity contribution in [1.82, 2.24) is 9.97 Å². The van der Waals surface area contributed by atoms with Gasteiger partial charge in [-0.1, -0.05) is 36.8 Å². The molecule has 0 radical (unpaired) electrons. The highest BCUT2D eigenvalue weighted by Gasteiger charge is 2.42. The molecule has 2 N–H and O–H groups in total. The van der Waals surface area contributed by atoms with Crippen molar-refractivity contribution in [2.24, 2.45) is 0 Å². The Morgan fingerprint density at radius 2 is 1.65 bits per heavy atom. The van der Waals surface area contributed by atoms with Gasteiger partial charge in [-0.2, -0.15) is 0 Å². The van der Waals surface area contributed by atoms with Crippen LogP contribution in [-0.4, -0.2) is 9.97 Å². The second kappa shape index (κ2) is 3.84. The van der Waals surface area contributed by atoms with Gasteiger partial charge in [0.05, 0.1) is 23.5 Å². The molecule has 1 aliphatic rings. The third-order valence-electron chi connectivity index (χ3n) is 3.63. The van der Waals surface area contributed by atoms with Gasteiger partial charge in [0.25, 0.3) is 0 Å². The van der Waals surface area contributed by atoms with Gasteiger partial charge < -0.3 is 5.73 Å². The Morgan fingerprint density at radius 3 is 2.18 bits per heavy atom. The minimum atomic E-state index is 0.0228. The lowest BCUT2D eigenvalue weighted by molar-refractivity contribution is 0.285. The molecule has 1 aliphatic carbocycles. The summed E-state index contributed by atoms with van der Waals surface area (Å²) in [5.41, 5.74) is 7.60. The molecule has 0 unspecified atom stereocenters. The summed E-state index contributed by atoms with van der Waals surface area (Å²) in [5.74, 6) is 0.907. The topological polar surface area (TPSA) is 51.8 Å². The molecule has 0 bridgehead atoms. The van der Waals surface area contributed by atoms with Crippen LogP contribution < -0.4 is 5.73 Å². The predicted molar refractivity (Wildman–Crippen MR) is 67.5 cm³/mol. The van der Waals surface area contributed by atoms with Gasteiger partial charge in [-0.15, -0.1) is 0 Å². The summed E-state index contributed by atoms with van der Waals surface area (Å²) < 4.78 is 0. The van der Waals surface area contributed by atoms with Crippen LogP contribution in [0.3, 0.4) is 0 Å². The smallest absolute Gasteiger partial charge is 0.138 e. The van der Waals surface area contributed by atoms with E-state index in [9.17, 15) is 0 Å². The molecule has 0 aliphatic heterocycles. The van der Waals surface area contributed by atoms with Gasteiger partial charge in [0.15, 0.2) is 0 Å². The quantitative estimate of drug-likeness (QED) is 0.854. The summed E-state index contributed by atoms with van der Waals surface area (Å²) >= 11 is 0.